The first-order chi connectivity index (χ1) is 16.4. The summed E-state index contributed by atoms with van der Waals surface area (Å²) in [5.74, 6) is -1.52. The van der Waals surface area contributed by atoms with E-state index in [0.717, 1.165) is 11.3 Å². The number of amides is 2. The van der Waals surface area contributed by atoms with Crippen molar-refractivity contribution >= 4 is 23.2 Å². The molecule has 3 aromatic carbocycles. The van der Waals surface area contributed by atoms with Crippen LogP contribution in [0.3, 0.4) is 0 Å². The Morgan fingerprint density at radius 3 is 2.44 bits per heavy atom. The number of halogens is 1. The van der Waals surface area contributed by atoms with E-state index < -0.39 is 17.8 Å². The van der Waals surface area contributed by atoms with Gasteiger partial charge in [0, 0.05) is 32.0 Å². The van der Waals surface area contributed by atoms with Crippen LogP contribution in [0.25, 0.3) is 0 Å². The number of hydrogen-bond donors (Lipinski definition) is 1. The van der Waals surface area contributed by atoms with Crippen LogP contribution in [0.5, 0.6) is 0 Å². The second kappa shape index (κ2) is 10.1. The van der Waals surface area contributed by atoms with Crippen molar-refractivity contribution in [1.29, 1.82) is 0 Å². The summed E-state index contributed by atoms with van der Waals surface area (Å²) in [6.07, 6.45) is 1.30. The van der Waals surface area contributed by atoms with Crippen molar-refractivity contribution in [2.75, 3.05) is 30.9 Å². The minimum atomic E-state index is -0.538. The van der Waals surface area contributed by atoms with Crippen LogP contribution in [0.2, 0.25) is 0 Å². The van der Waals surface area contributed by atoms with Crippen molar-refractivity contribution in [2.45, 2.75) is 25.8 Å². The molecule has 2 unspecified atom stereocenters. The van der Waals surface area contributed by atoms with Gasteiger partial charge in [0.05, 0.1) is 17.5 Å². The summed E-state index contributed by atoms with van der Waals surface area (Å²) in [6, 6.07) is 21.4. The number of nitrogens with zero attached hydrogens (tertiary/aromatic N) is 2. The van der Waals surface area contributed by atoms with Crippen molar-refractivity contribution in [3.05, 3.63) is 95.3 Å². The van der Waals surface area contributed by atoms with Crippen LogP contribution in [0.4, 0.5) is 15.8 Å². The summed E-state index contributed by atoms with van der Waals surface area (Å²) in [7, 11) is 3.89. The summed E-state index contributed by atoms with van der Waals surface area (Å²) in [5.41, 5.74) is 3.21. The molecule has 1 aliphatic rings. The maximum absolute atomic E-state index is 14.7. The Morgan fingerprint density at radius 2 is 1.74 bits per heavy atom. The van der Waals surface area contributed by atoms with E-state index in [1.807, 2.05) is 73.6 Å². The molecule has 1 N–H and O–H groups in total. The molecule has 2 amide bonds. The van der Waals surface area contributed by atoms with Crippen molar-refractivity contribution in [2.24, 2.45) is 5.92 Å². The summed E-state index contributed by atoms with van der Waals surface area (Å²) in [4.78, 5) is 30.8. The fourth-order valence-electron chi connectivity index (χ4n) is 4.70. The van der Waals surface area contributed by atoms with E-state index >= 15 is 0 Å². The third-order valence-corrected chi connectivity index (χ3v) is 6.44. The maximum Gasteiger partial charge on any atom is 0.257 e. The van der Waals surface area contributed by atoms with Crippen LogP contribution in [0.1, 0.15) is 40.4 Å². The van der Waals surface area contributed by atoms with Crippen molar-refractivity contribution < 1.29 is 14.0 Å². The fraction of sp³-hybridized carbons (Fsp3) is 0.286. The summed E-state index contributed by atoms with van der Waals surface area (Å²) < 4.78 is 14.7. The molecule has 0 spiro atoms. The van der Waals surface area contributed by atoms with Gasteiger partial charge in [-0.05, 0) is 55.2 Å². The lowest BCUT2D eigenvalue weighted by Gasteiger charge is -2.41. The molecule has 0 aliphatic carbocycles. The van der Waals surface area contributed by atoms with E-state index in [-0.39, 0.29) is 17.4 Å². The average molecular weight is 460 g/mol. The third-order valence-electron chi connectivity index (χ3n) is 6.44. The fourth-order valence-corrected chi connectivity index (χ4v) is 4.70. The minimum Gasteiger partial charge on any atom is -0.378 e. The molecule has 34 heavy (non-hydrogen) atoms. The molecule has 6 heteroatoms. The first-order valence-electron chi connectivity index (χ1n) is 11.6. The third kappa shape index (κ3) is 4.81. The Kier molecular flexibility index (Phi) is 6.96. The Hall–Kier alpha value is -3.67. The van der Waals surface area contributed by atoms with E-state index in [1.165, 1.54) is 6.07 Å². The highest BCUT2D eigenvalue weighted by Gasteiger charge is 2.40. The number of carbonyl (C=O) groups is 2. The van der Waals surface area contributed by atoms with Crippen molar-refractivity contribution in [3.8, 4) is 0 Å². The SMILES string of the molecule is Cc1cccc(F)c1C(=O)N1CCCC(C(=O)Nc2cccc(N(C)C)c2)C1c1ccccc1. The van der Waals surface area contributed by atoms with Crippen molar-refractivity contribution in [3.63, 3.8) is 0 Å². The van der Waals surface area contributed by atoms with E-state index in [0.29, 0.717) is 30.6 Å². The molecule has 1 heterocycles. The number of aryl methyl sites for hydroxylation is 1. The number of likely N-dealkylation sites (tertiary alicyclic amines) is 1. The molecular formula is C28H30FN3O2. The predicted octanol–water partition coefficient (Wildman–Crippen LogP) is 5.43. The second-order valence-electron chi connectivity index (χ2n) is 8.97. The molecule has 0 bridgehead atoms. The molecule has 2 atom stereocenters. The number of rotatable bonds is 5. The first-order valence-corrected chi connectivity index (χ1v) is 11.6. The molecule has 3 aromatic rings. The number of piperidine rings is 1. The Morgan fingerprint density at radius 1 is 1.00 bits per heavy atom. The molecule has 0 saturated carbocycles. The standard InChI is InChI=1S/C28H30FN3O2/c1-19-10-7-16-24(29)25(19)28(34)32-17-9-15-23(26(32)20-11-5-4-6-12-20)27(33)30-21-13-8-14-22(18-21)31(2)3/h4-8,10-14,16,18,23,26H,9,15,17H2,1-3H3,(H,30,33). The molecule has 5 nitrogen and oxygen atoms in total. The zero-order chi connectivity index (χ0) is 24.2. The number of carbonyl (C=O) groups excluding carboxylic acids is 2. The van der Waals surface area contributed by atoms with E-state index in [4.69, 9.17) is 0 Å². The minimum absolute atomic E-state index is 0.0724. The van der Waals surface area contributed by atoms with Gasteiger partial charge < -0.3 is 15.1 Å². The monoisotopic (exact) mass is 459 g/mol. The van der Waals surface area contributed by atoms with Gasteiger partial charge >= 0.3 is 0 Å². The lowest BCUT2D eigenvalue weighted by atomic mass is 9.83. The Labute approximate surface area is 200 Å². The Bertz CT molecular complexity index is 1160. The topological polar surface area (TPSA) is 52.7 Å². The molecule has 1 aliphatic heterocycles. The van der Waals surface area contributed by atoms with Gasteiger partial charge in [-0.15, -0.1) is 0 Å². The normalized spacial score (nSPS) is 17.8. The van der Waals surface area contributed by atoms with Crippen LogP contribution in [0, 0.1) is 18.7 Å². The molecule has 0 radical (unpaired) electrons. The van der Waals surface area contributed by atoms with Crippen LogP contribution in [-0.2, 0) is 4.79 Å². The van der Waals surface area contributed by atoms with Gasteiger partial charge in [0.15, 0.2) is 0 Å². The van der Waals surface area contributed by atoms with Crippen LogP contribution < -0.4 is 10.2 Å². The molecule has 1 saturated heterocycles. The van der Waals surface area contributed by atoms with E-state index in [9.17, 15) is 14.0 Å². The van der Waals surface area contributed by atoms with E-state index in [1.54, 1.807) is 24.0 Å². The Balaban J connectivity index is 1.68. The lowest BCUT2D eigenvalue weighted by molar-refractivity contribution is -0.123. The summed E-state index contributed by atoms with van der Waals surface area (Å²) in [6.45, 7) is 2.20. The largest absolute Gasteiger partial charge is 0.378 e. The zero-order valence-corrected chi connectivity index (χ0v) is 19.8. The number of hydrogen-bond acceptors (Lipinski definition) is 3. The quantitative estimate of drug-likeness (QED) is 0.553. The average Bonchev–Trinajstić information content (AvgIpc) is 2.84. The number of anilines is 2. The molecule has 1 fully saturated rings. The van der Waals surface area contributed by atoms with Gasteiger partial charge in [-0.3, -0.25) is 9.59 Å². The van der Waals surface area contributed by atoms with Gasteiger partial charge in [-0.1, -0.05) is 48.5 Å². The van der Waals surface area contributed by atoms with E-state index in [2.05, 4.69) is 5.32 Å². The molecule has 176 valence electrons. The number of benzene rings is 3. The number of nitrogens with one attached hydrogen (secondary N) is 1. The smallest absolute Gasteiger partial charge is 0.257 e. The highest BCUT2D eigenvalue weighted by molar-refractivity contribution is 5.98. The summed E-state index contributed by atoms with van der Waals surface area (Å²) >= 11 is 0. The zero-order valence-electron chi connectivity index (χ0n) is 19.8. The van der Waals surface area contributed by atoms with Gasteiger partial charge in [0.1, 0.15) is 5.82 Å². The highest BCUT2D eigenvalue weighted by atomic mass is 19.1. The summed E-state index contributed by atoms with van der Waals surface area (Å²) in [5, 5.41) is 3.05. The molecule has 4 rings (SSSR count). The van der Waals surface area contributed by atoms with Crippen LogP contribution >= 0.6 is 0 Å². The second-order valence-corrected chi connectivity index (χ2v) is 8.97. The van der Waals surface area contributed by atoms with Crippen LogP contribution in [-0.4, -0.2) is 37.4 Å². The molecular weight excluding hydrogens is 429 g/mol. The van der Waals surface area contributed by atoms with Gasteiger partial charge in [0.25, 0.3) is 5.91 Å². The lowest BCUT2D eigenvalue weighted by Crippen LogP contribution is -2.46. The van der Waals surface area contributed by atoms with Gasteiger partial charge in [0.2, 0.25) is 5.91 Å². The van der Waals surface area contributed by atoms with Crippen LogP contribution in [0.15, 0.2) is 72.8 Å². The predicted molar refractivity (Wildman–Crippen MR) is 133 cm³/mol. The van der Waals surface area contributed by atoms with Gasteiger partial charge in [-0.2, -0.15) is 0 Å². The first kappa shape index (κ1) is 23.5. The van der Waals surface area contributed by atoms with Crippen molar-refractivity contribution in [1.82, 2.24) is 4.90 Å². The highest BCUT2D eigenvalue weighted by Crippen LogP contribution is 2.38. The maximum atomic E-state index is 14.7. The molecule has 0 aromatic heterocycles. The van der Waals surface area contributed by atoms with Gasteiger partial charge in [-0.25, -0.2) is 4.39 Å².